The maximum absolute atomic E-state index is 12.7. The largest absolute Gasteiger partial charge is 0.360 e. The summed E-state index contributed by atoms with van der Waals surface area (Å²) in [6.07, 6.45) is 1.94. The van der Waals surface area contributed by atoms with Gasteiger partial charge in [0.25, 0.3) is 0 Å². The summed E-state index contributed by atoms with van der Waals surface area (Å²) in [5, 5.41) is 13.5. The first kappa shape index (κ1) is 22.6. The van der Waals surface area contributed by atoms with Gasteiger partial charge in [0.2, 0.25) is 5.91 Å². The fourth-order valence-electron chi connectivity index (χ4n) is 3.91. The maximum atomic E-state index is 12.7. The van der Waals surface area contributed by atoms with Crippen LogP contribution in [0.4, 0.5) is 5.69 Å². The molecule has 174 valence electrons. The van der Waals surface area contributed by atoms with Crippen LogP contribution in [0.5, 0.6) is 0 Å². The first-order valence-corrected chi connectivity index (χ1v) is 12.1. The predicted octanol–water partition coefficient (Wildman–Crippen LogP) is 5.66. The molecule has 0 atom stereocenters. The van der Waals surface area contributed by atoms with E-state index < -0.39 is 0 Å². The number of H-pyrrole nitrogens is 1. The highest BCUT2D eigenvalue weighted by molar-refractivity contribution is 7.99. The quantitative estimate of drug-likeness (QED) is 0.231. The molecule has 5 rings (SSSR count). The zero-order chi connectivity index (χ0) is 24.4. The van der Waals surface area contributed by atoms with Crippen LogP contribution in [0.15, 0.2) is 84.1 Å². The van der Waals surface area contributed by atoms with Crippen molar-refractivity contribution in [1.29, 1.82) is 0 Å². The number of fused-ring (bicyclic) bond motifs is 1. The average molecular weight is 482 g/mol. The van der Waals surface area contributed by atoms with Crippen molar-refractivity contribution < 1.29 is 9.59 Å². The molecule has 0 saturated carbocycles. The standard InChI is InChI=1S/C27H23N5O2S/c1-17-6-5-7-21(14-17)32-26(23-15-28-24-9-4-3-8-22(23)24)30-31-27(32)35-16-25(34)29-20-12-10-19(11-13-20)18(2)33/h3-15,28H,16H2,1-2H3,(H,29,34). The van der Waals surface area contributed by atoms with Crippen LogP contribution in [0, 0.1) is 6.92 Å². The van der Waals surface area contributed by atoms with Crippen molar-refractivity contribution in [2.75, 3.05) is 11.1 Å². The lowest BCUT2D eigenvalue weighted by atomic mass is 10.1. The highest BCUT2D eigenvalue weighted by Gasteiger charge is 2.20. The van der Waals surface area contributed by atoms with E-state index in [0.29, 0.717) is 22.2 Å². The summed E-state index contributed by atoms with van der Waals surface area (Å²) in [5.74, 6) is 0.681. The summed E-state index contributed by atoms with van der Waals surface area (Å²) in [4.78, 5) is 27.4. The number of hydrogen-bond acceptors (Lipinski definition) is 5. The number of aryl methyl sites for hydroxylation is 1. The number of ketones is 1. The number of nitrogens with zero attached hydrogens (tertiary/aromatic N) is 3. The van der Waals surface area contributed by atoms with Gasteiger partial charge in [-0.25, -0.2) is 0 Å². The van der Waals surface area contributed by atoms with Crippen LogP contribution in [0.25, 0.3) is 28.0 Å². The van der Waals surface area contributed by atoms with Gasteiger partial charge in [-0.2, -0.15) is 0 Å². The minimum Gasteiger partial charge on any atom is -0.360 e. The highest BCUT2D eigenvalue weighted by Crippen LogP contribution is 2.32. The maximum Gasteiger partial charge on any atom is 0.234 e. The number of aromatic amines is 1. The topological polar surface area (TPSA) is 92.7 Å². The van der Waals surface area contributed by atoms with Crippen molar-refractivity contribution in [1.82, 2.24) is 19.7 Å². The van der Waals surface area contributed by atoms with Gasteiger partial charge in [-0.3, -0.25) is 14.2 Å². The number of Topliss-reactive ketones (excluding diaryl/α,β-unsaturated/α-hetero) is 1. The Morgan fingerprint density at radius 3 is 2.57 bits per heavy atom. The summed E-state index contributed by atoms with van der Waals surface area (Å²) in [6.45, 7) is 3.55. The molecule has 0 radical (unpaired) electrons. The molecule has 0 aliphatic rings. The monoisotopic (exact) mass is 481 g/mol. The second kappa shape index (κ2) is 9.60. The average Bonchev–Trinajstić information content (AvgIpc) is 3.47. The summed E-state index contributed by atoms with van der Waals surface area (Å²) in [6, 6.07) is 23.0. The van der Waals surface area contributed by atoms with Gasteiger partial charge >= 0.3 is 0 Å². The van der Waals surface area contributed by atoms with E-state index in [1.54, 1.807) is 24.3 Å². The first-order valence-electron chi connectivity index (χ1n) is 11.1. The molecule has 0 spiro atoms. The van der Waals surface area contributed by atoms with Crippen LogP contribution in [-0.4, -0.2) is 37.2 Å². The number of nitrogens with one attached hydrogen (secondary N) is 2. The van der Waals surface area contributed by atoms with Gasteiger partial charge in [0, 0.05) is 39.6 Å². The summed E-state index contributed by atoms with van der Waals surface area (Å²) >= 11 is 1.32. The Kier molecular flexibility index (Phi) is 6.20. The lowest BCUT2D eigenvalue weighted by Crippen LogP contribution is -2.14. The van der Waals surface area contributed by atoms with E-state index >= 15 is 0 Å². The van der Waals surface area contributed by atoms with Gasteiger partial charge in [0.1, 0.15) is 0 Å². The number of benzene rings is 3. The number of carbonyl (C=O) groups excluding carboxylic acids is 2. The second-order valence-corrected chi connectivity index (χ2v) is 9.14. The zero-order valence-corrected chi connectivity index (χ0v) is 20.1. The van der Waals surface area contributed by atoms with Crippen molar-refractivity contribution >= 4 is 40.0 Å². The number of carbonyl (C=O) groups is 2. The minimum absolute atomic E-state index is 0.0140. The molecule has 2 heterocycles. The Balaban J connectivity index is 1.43. The Labute approximate surface area is 206 Å². The van der Waals surface area contributed by atoms with E-state index in [-0.39, 0.29) is 17.4 Å². The lowest BCUT2D eigenvalue weighted by molar-refractivity contribution is -0.113. The third-order valence-corrected chi connectivity index (χ3v) is 6.56. The molecule has 0 aliphatic carbocycles. The predicted molar refractivity (Wildman–Crippen MR) is 139 cm³/mol. The fraction of sp³-hybridized carbons (Fsp3) is 0.111. The van der Waals surface area contributed by atoms with Crippen molar-refractivity contribution in [2.45, 2.75) is 19.0 Å². The molecule has 0 unspecified atom stereocenters. The Hall–Kier alpha value is -4.17. The molecule has 5 aromatic rings. The third kappa shape index (κ3) is 4.74. The third-order valence-electron chi connectivity index (χ3n) is 5.63. The second-order valence-electron chi connectivity index (χ2n) is 8.20. The molecule has 35 heavy (non-hydrogen) atoms. The number of thioether (sulfide) groups is 1. The van der Waals surface area contributed by atoms with Gasteiger partial charge in [0.05, 0.1) is 5.75 Å². The van der Waals surface area contributed by atoms with E-state index in [2.05, 4.69) is 26.6 Å². The van der Waals surface area contributed by atoms with Crippen molar-refractivity contribution in [3.05, 3.63) is 90.1 Å². The number of amides is 1. The van der Waals surface area contributed by atoms with Gasteiger partial charge in [-0.1, -0.05) is 42.1 Å². The number of rotatable bonds is 7. The fourth-order valence-corrected chi connectivity index (χ4v) is 4.66. The Morgan fingerprint density at radius 2 is 1.80 bits per heavy atom. The molecule has 7 nitrogen and oxygen atoms in total. The Bertz CT molecular complexity index is 1540. The van der Waals surface area contributed by atoms with Gasteiger partial charge in [-0.05, 0) is 61.9 Å². The van der Waals surface area contributed by atoms with Crippen LogP contribution in [0.3, 0.4) is 0 Å². The van der Waals surface area contributed by atoms with E-state index in [1.807, 2.05) is 60.2 Å². The smallest absolute Gasteiger partial charge is 0.234 e. The molecule has 2 aromatic heterocycles. The van der Waals surface area contributed by atoms with Crippen LogP contribution >= 0.6 is 11.8 Å². The molecule has 8 heteroatoms. The van der Waals surface area contributed by atoms with Crippen molar-refractivity contribution in [3.63, 3.8) is 0 Å². The number of hydrogen-bond donors (Lipinski definition) is 2. The molecule has 1 amide bonds. The van der Waals surface area contributed by atoms with E-state index in [9.17, 15) is 9.59 Å². The normalized spacial score (nSPS) is 11.0. The van der Waals surface area contributed by atoms with Crippen molar-refractivity contribution in [2.24, 2.45) is 0 Å². The first-order chi connectivity index (χ1) is 17.0. The van der Waals surface area contributed by atoms with E-state index in [4.69, 9.17) is 0 Å². The van der Waals surface area contributed by atoms with Gasteiger partial charge < -0.3 is 10.3 Å². The van der Waals surface area contributed by atoms with Crippen LogP contribution in [0.2, 0.25) is 0 Å². The van der Waals surface area contributed by atoms with Crippen LogP contribution < -0.4 is 5.32 Å². The highest BCUT2D eigenvalue weighted by atomic mass is 32.2. The lowest BCUT2D eigenvalue weighted by Gasteiger charge is -2.11. The van der Waals surface area contributed by atoms with Crippen LogP contribution in [-0.2, 0) is 4.79 Å². The molecule has 0 fully saturated rings. The molecule has 2 N–H and O–H groups in total. The zero-order valence-electron chi connectivity index (χ0n) is 19.3. The number of anilines is 1. The van der Waals surface area contributed by atoms with Gasteiger partial charge in [0.15, 0.2) is 16.8 Å². The molecular formula is C27H23N5O2S. The molecule has 0 bridgehead atoms. The van der Waals surface area contributed by atoms with E-state index in [1.165, 1.54) is 18.7 Å². The van der Waals surface area contributed by atoms with Gasteiger partial charge in [-0.15, -0.1) is 10.2 Å². The summed E-state index contributed by atoms with van der Waals surface area (Å²) < 4.78 is 1.99. The molecule has 0 aliphatic heterocycles. The molecule has 0 saturated heterocycles. The Morgan fingerprint density at radius 1 is 1.00 bits per heavy atom. The summed E-state index contributed by atoms with van der Waals surface area (Å²) in [7, 11) is 0. The minimum atomic E-state index is -0.169. The van der Waals surface area contributed by atoms with Crippen molar-refractivity contribution in [3.8, 4) is 17.1 Å². The molecule has 3 aromatic carbocycles. The number of para-hydroxylation sites is 1. The van der Waals surface area contributed by atoms with E-state index in [0.717, 1.165) is 27.7 Å². The number of aromatic nitrogens is 4. The van der Waals surface area contributed by atoms with Crippen LogP contribution in [0.1, 0.15) is 22.8 Å². The molecular weight excluding hydrogens is 458 g/mol. The SMILES string of the molecule is CC(=O)c1ccc(NC(=O)CSc2nnc(-c3c[nH]c4ccccc34)n2-c2cccc(C)c2)cc1. The summed E-state index contributed by atoms with van der Waals surface area (Å²) in [5.41, 5.74) is 5.25.